The van der Waals surface area contributed by atoms with Gasteiger partial charge in [0.2, 0.25) is 0 Å². The van der Waals surface area contributed by atoms with Gasteiger partial charge in [-0.15, -0.1) is 0 Å². The lowest BCUT2D eigenvalue weighted by atomic mass is 10.2. The van der Waals surface area contributed by atoms with Crippen molar-refractivity contribution >= 4 is 23.2 Å². The van der Waals surface area contributed by atoms with E-state index in [0.717, 1.165) is 37.2 Å². The van der Waals surface area contributed by atoms with Crippen LogP contribution < -0.4 is 5.32 Å². The highest BCUT2D eigenvalue weighted by molar-refractivity contribution is 6.35. The summed E-state index contributed by atoms with van der Waals surface area (Å²) in [4.78, 5) is 4.41. The van der Waals surface area contributed by atoms with Crippen LogP contribution in [0.5, 0.6) is 0 Å². The molecule has 2 rings (SSSR count). The van der Waals surface area contributed by atoms with Gasteiger partial charge in [-0.1, -0.05) is 36.2 Å². The van der Waals surface area contributed by atoms with E-state index in [1.807, 2.05) is 23.0 Å². The van der Waals surface area contributed by atoms with Crippen LogP contribution in [-0.2, 0) is 13.0 Å². The maximum Gasteiger partial charge on any atom is 0.0952 e. The van der Waals surface area contributed by atoms with Crippen LogP contribution in [0.25, 0.3) is 0 Å². The van der Waals surface area contributed by atoms with Crippen LogP contribution in [0.15, 0.2) is 30.7 Å². The van der Waals surface area contributed by atoms with Gasteiger partial charge in [0.05, 0.1) is 12.0 Å². The summed E-state index contributed by atoms with van der Waals surface area (Å²) in [7, 11) is 0. The van der Waals surface area contributed by atoms with Gasteiger partial charge in [0.15, 0.2) is 0 Å². The van der Waals surface area contributed by atoms with E-state index < -0.39 is 0 Å². The Morgan fingerprint density at radius 3 is 2.85 bits per heavy atom. The number of rotatable bonds is 7. The summed E-state index contributed by atoms with van der Waals surface area (Å²) < 4.78 is 2.05. The summed E-state index contributed by atoms with van der Waals surface area (Å²) in [6.07, 6.45) is 6.02. The van der Waals surface area contributed by atoms with Gasteiger partial charge in [0, 0.05) is 35.8 Å². The van der Waals surface area contributed by atoms with E-state index >= 15 is 0 Å². The summed E-state index contributed by atoms with van der Waals surface area (Å²) in [6, 6.07) is 5.58. The Bertz CT molecular complexity index is 552. The predicted octanol–water partition coefficient (Wildman–Crippen LogP) is 3.78. The van der Waals surface area contributed by atoms with Crippen molar-refractivity contribution in [3.05, 3.63) is 52.0 Å². The Morgan fingerprint density at radius 2 is 2.10 bits per heavy atom. The maximum absolute atomic E-state index is 6.18. The van der Waals surface area contributed by atoms with E-state index in [-0.39, 0.29) is 0 Å². The molecule has 0 bridgehead atoms. The zero-order chi connectivity index (χ0) is 14.4. The lowest BCUT2D eigenvalue weighted by molar-refractivity contribution is 0.666. The highest BCUT2D eigenvalue weighted by Crippen LogP contribution is 2.21. The smallest absolute Gasteiger partial charge is 0.0952 e. The number of nitrogens with zero attached hydrogens (tertiary/aromatic N) is 2. The Labute approximate surface area is 129 Å². The largest absolute Gasteiger partial charge is 0.333 e. The Hall–Kier alpha value is -1.03. The van der Waals surface area contributed by atoms with Crippen molar-refractivity contribution in [3.8, 4) is 0 Å². The minimum Gasteiger partial charge on any atom is -0.333 e. The van der Waals surface area contributed by atoms with Crippen LogP contribution in [0.2, 0.25) is 10.0 Å². The first-order chi connectivity index (χ1) is 9.69. The molecule has 0 aliphatic rings. The zero-order valence-electron chi connectivity index (χ0n) is 11.6. The van der Waals surface area contributed by atoms with E-state index in [1.165, 1.54) is 0 Å². The van der Waals surface area contributed by atoms with E-state index in [9.17, 15) is 0 Å². The molecule has 0 saturated heterocycles. The van der Waals surface area contributed by atoms with Crippen LogP contribution in [0.4, 0.5) is 0 Å². The summed E-state index contributed by atoms with van der Waals surface area (Å²) in [6.45, 7) is 4.90. The molecule has 0 aliphatic heterocycles. The maximum atomic E-state index is 6.18. The van der Waals surface area contributed by atoms with E-state index in [4.69, 9.17) is 23.2 Å². The highest BCUT2D eigenvalue weighted by Gasteiger charge is 2.04. The molecule has 1 aromatic carbocycles. The molecule has 0 atom stereocenters. The number of nitrogens with one attached hydrogen (secondary N) is 1. The number of imidazole rings is 1. The Kier molecular flexibility index (Phi) is 5.89. The van der Waals surface area contributed by atoms with Gasteiger partial charge in [0.1, 0.15) is 0 Å². The van der Waals surface area contributed by atoms with Gasteiger partial charge in [-0.2, -0.15) is 0 Å². The normalized spacial score (nSPS) is 10.9. The third kappa shape index (κ3) is 4.51. The van der Waals surface area contributed by atoms with Crippen molar-refractivity contribution in [2.75, 3.05) is 13.1 Å². The average molecular weight is 312 g/mol. The third-order valence-electron chi connectivity index (χ3n) is 3.04. The molecule has 5 heteroatoms. The van der Waals surface area contributed by atoms with Gasteiger partial charge in [-0.05, 0) is 30.7 Å². The fraction of sp³-hybridized carbons (Fsp3) is 0.400. The van der Waals surface area contributed by atoms with Crippen LogP contribution in [0.3, 0.4) is 0 Å². The second-order valence-electron chi connectivity index (χ2n) is 4.77. The predicted molar refractivity (Wildman–Crippen MR) is 84.7 cm³/mol. The minimum absolute atomic E-state index is 0.659. The van der Waals surface area contributed by atoms with Crippen LogP contribution in [0.1, 0.15) is 24.6 Å². The molecule has 20 heavy (non-hydrogen) atoms. The monoisotopic (exact) mass is 311 g/mol. The number of hydrogen-bond acceptors (Lipinski definition) is 2. The van der Waals surface area contributed by atoms with Gasteiger partial charge < -0.3 is 9.88 Å². The Balaban J connectivity index is 1.92. The fourth-order valence-electron chi connectivity index (χ4n) is 1.99. The third-order valence-corrected chi connectivity index (χ3v) is 3.63. The van der Waals surface area contributed by atoms with Crippen LogP contribution in [0, 0.1) is 0 Å². The SMILES string of the molecule is CCCNCCc1cn(Cc2ccc(Cl)cc2Cl)cn1. The first-order valence-electron chi connectivity index (χ1n) is 6.84. The fourth-order valence-corrected chi connectivity index (χ4v) is 2.46. The standard InChI is InChI=1S/C15H19Cl2N3/c1-2-6-18-7-5-14-10-20(11-19-14)9-12-3-4-13(16)8-15(12)17/h3-4,8,10-11,18H,2,5-7,9H2,1H3. The number of halogens is 2. The lowest BCUT2D eigenvalue weighted by Gasteiger charge is -2.05. The molecule has 1 heterocycles. The van der Waals surface area contributed by atoms with Crippen molar-refractivity contribution in [2.24, 2.45) is 0 Å². The second-order valence-corrected chi connectivity index (χ2v) is 5.62. The molecule has 0 unspecified atom stereocenters. The van der Waals surface area contributed by atoms with E-state index in [1.54, 1.807) is 6.07 Å². The molecular weight excluding hydrogens is 293 g/mol. The second kappa shape index (κ2) is 7.67. The highest BCUT2D eigenvalue weighted by atomic mass is 35.5. The molecule has 108 valence electrons. The first kappa shape index (κ1) is 15.4. The summed E-state index contributed by atoms with van der Waals surface area (Å²) in [5, 5.41) is 4.72. The number of aromatic nitrogens is 2. The molecule has 0 radical (unpaired) electrons. The van der Waals surface area contributed by atoms with Crippen molar-refractivity contribution in [3.63, 3.8) is 0 Å². The summed E-state index contributed by atoms with van der Waals surface area (Å²) >= 11 is 12.1. The molecular formula is C15H19Cl2N3. The zero-order valence-corrected chi connectivity index (χ0v) is 13.1. The summed E-state index contributed by atoms with van der Waals surface area (Å²) in [5.41, 5.74) is 2.14. The molecule has 1 N–H and O–H groups in total. The first-order valence-corrected chi connectivity index (χ1v) is 7.60. The molecule has 0 fully saturated rings. The topological polar surface area (TPSA) is 29.9 Å². The van der Waals surface area contributed by atoms with Crippen LogP contribution in [-0.4, -0.2) is 22.6 Å². The van der Waals surface area contributed by atoms with Gasteiger partial charge in [-0.25, -0.2) is 4.98 Å². The van der Waals surface area contributed by atoms with Gasteiger partial charge in [0.25, 0.3) is 0 Å². The van der Waals surface area contributed by atoms with Gasteiger partial charge >= 0.3 is 0 Å². The van der Waals surface area contributed by atoms with E-state index in [0.29, 0.717) is 16.6 Å². The van der Waals surface area contributed by atoms with Crippen molar-refractivity contribution < 1.29 is 0 Å². The van der Waals surface area contributed by atoms with Crippen molar-refractivity contribution in [1.29, 1.82) is 0 Å². The molecule has 0 spiro atoms. The minimum atomic E-state index is 0.659. The molecule has 1 aromatic heterocycles. The number of benzene rings is 1. The molecule has 2 aromatic rings. The van der Waals surface area contributed by atoms with Crippen molar-refractivity contribution in [1.82, 2.24) is 14.9 Å². The summed E-state index contributed by atoms with van der Waals surface area (Å²) in [5.74, 6) is 0. The number of hydrogen-bond donors (Lipinski definition) is 1. The molecule has 0 saturated carbocycles. The lowest BCUT2D eigenvalue weighted by Crippen LogP contribution is -2.17. The van der Waals surface area contributed by atoms with Crippen LogP contribution >= 0.6 is 23.2 Å². The molecule has 3 nitrogen and oxygen atoms in total. The molecule has 0 aliphatic carbocycles. The Morgan fingerprint density at radius 1 is 1.25 bits per heavy atom. The van der Waals surface area contributed by atoms with E-state index in [2.05, 4.69) is 23.4 Å². The van der Waals surface area contributed by atoms with Crippen molar-refractivity contribution in [2.45, 2.75) is 26.3 Å². The quantitative estimate of drug-likeness (QED) is 0.789. The van der Waals surface area contributed by atoms with Gasteiger partial charge in [-0.3, -0.25) is 0 Å². The average Bonchev–Trinajstić information content (AvgIpc) is 2.86. The molecule has 0 amide bonds.